The number of hydrogen-bond acceptors (Lipinski definition) is 5. The molecule has 2 heterocycles. The Bertz CT molecular complexity index is 1170. The average Bonchev–Trinajstić information content (AvgIpc) is 2.77. The van der Waals surface area contributed by atoms with Gasteiger partial charge < -0.3 is 4.90 Å². The van der Waals surface area contributed by atoms with Crippen LogP contribution in [0.25, 0.3) is 11.3 Å². The van der Waals surface area contributed by atoms with Gasteiger partial charge in [0.15, 0.2) is 0 Å². The summed E-state index contributed by atoms with van der Waals surface area (Å²) in [4.78, 5) is 33.1. The number of para-hydroxylation sites is 1. The third-order valence-corrected chi connectivity index (χ3v) is 5.96. The third kappa shape index (κ3) is 3.72. The Labute approximate surface area is 185 Å². The highest BCUT2D eigenvalue weighted by Crippen LogP contribution is 2.37. The van der Waals surface area contributed by atoms with Crippen molar-refractivity contribution in [3.63, 3.8) is 0 Å². The molecule has 1 atom stereocenters. The second kappa shape index (κ2) is 8.55. The molecule has 1 aliphatic heterocycles. The van der Waals surface area contributed by atoms with Gasteiger partial charge in [-0.05, 0) is 53.8 Å². The summed E-state index contributed by atoms with van der Waals surface area (Å²) in [6.07, 6.45) is 2.46. The highest BCUT2D eigenvalue weighted by Gasteiger charge is 2.45. The lowest BCUT2D eigenvalue weighted by atomic mass is 10.0. The Morgan fingerprint density at radius 3 is 2.55 bits per heavy atom. The molecule has 4 rings (SSSR count). The zero-order valence-electron chi connectivity index (χ0n) is 18.1. The molecule has 31 heavy (non-hydrogen) atoms. The first kappa shape index (κ1) is 21.1. The van der Waals surface area contributed by atoms with Crippen LogP contribution in [-0.4, -0.2) is 36.3 Å². The van der Waals surface area contributed by atoms with E-state index in [2.05, 4.69) is 4.98 Å². The van der Waals surface area contributed by atoms with E-state index in [1.54, 1.807) is 9.58 Å². The van der Waals surface area contributed by atoms with Gasteiger partial charge in [-0.2, -0.15) is 0 Å². The first-order valence-electron chi connectivity index (χ1n) is 10.2. The van der Waals surface area contributed by atoms with Crippen molar-refractivity contribution in [2.75, 3.05) is 30.2 Å². The first-order chi connectivity index (χ1) is 15.0. The van der Waals surface area contributed by atoms with Crippen molar-refractivity contribution < 1.29 is 9.48 Å². The topological polar surface area (TPSA) is 73.2 Å². The normalized spacial score (nSPS) is 14.7. The molecular formula is C23H26N5O2S+. The fourth-order valence-corrected chi connectivity index (χ4v) is 4.28. The molecule has 0 spiro atoms. The average molecular weight is 437 g/mol. The van der Waals surface area contributed by atoms with Crippen LogP contribution in [0.15, 0.2) is 58.5 Å². The van der Waals surface area contributed by atoms with E-state index >= 15 is 0 Å². The Hall–Kier alpha value is -3.13. The van der Waals surface area contributed by atoms with Gasteiger partial charge in [0.25, 0.3) is 6.17 Å². The minimum atomic E-state index is -0.548. The lowest BCUT2D eigenvalue weighted by molar-refractivity contribution is -0.763. The summed E-state index contributed by atoms with van der Waals surface area (Å²) in [5.74, 6) is 0.00238. The van der Waals surface area contributed by atoms with Gasteiger partial charge in [-0.3, -0.25) is 14.6 Å². The SMILES string of the molecule is CCCC(=O)N1c2ccccc2-c2c(=O)[nH]c(SC)n[n+]2[C@H]1c1ccc(N(C)C)cc1. The standard InChI is InChI=1S/C23H25N5O2S/c1-5-8-19(29)27-18-10-7-6-9-17(18)20-21(30)24-23(31-4)25-28(20)22(27)15-11-13-16(14-12-15)26(2)3/h6-7,9-14,22H,5,8H2,1-4H3/p+1/t22-/m0/s1. The molecule has 0 saturated heterocycles. The number of H-pyrrole nitrogens is 1. The van der Waals surface area contributed by atoms with E-state index in [9.17, 15) is 9.59 Å². The number of thioether (sulfide) groups is 1. The predicted octanol–water partition coefficient (Wildman–Crippen LogP) is 3.21. The van der Waals surface area contributed by atoms with Gasteiger partial charge in [0.05, 0.1) is 11.3 Å². The van der Waals surface area contributed by atoms with Crippen molar-refractivity contribution >= 4 is 29.0 Å². The number of carbonyl (C=O) groups is 1. The number of fused-ring (bicyclic) bond motifs is 3. The van der Waals surface area contributed by atoms with Crippen molar-refractivity contribution in [2.45, 2.75) is 31.1 Å². The number of aromatic nitrogens is 3. The number of hydrogen-bond donors (Lipinski definition) is 1. The second-order valence-corrected chi connectivity index (χ2v) is 8.44. The molecule has 1 N–H and O–H groups in total. The van der Waals surface area contributed by atoms with Crippen LogP contribution in [0.4, 0.5) is 11.4 Å². The maximum Gasteiger partial charge on any atom is 0.325 e. The van der Waals surface area contributed by atoms with Crippen molar-refractivity contribution in [1.29, 1.82) is 0 Å². The lowest BCUT2D eigenvalue weighted by Gasteiger charge is -2.32. The number of amides is 1. The molecule has 3 aromatic rings. The number of nitrogens with one attached hydrogen (secondary N) is 1. The van der Waals surface area contributed by atoms with E-state index in [0.29, 0.717) is 22.8 Å². The number of rotatable bonds is 5. The highest BCUT2D eigenvalue weighted by atomic mass is 32.2. The highest BCUT2D eigenvalue weighted by molar-refractivity contribution is 7.98. The fourth-order valence-electron chi connectivity index (χ4n) is 3.91. The zero-order chi connectivity index (χ0) is 22.1. The predicted molar refractivity (Wildman–Crippen MR) is 124 cm³/mol. The zero-order valence-corrected chi connectivity index (χ0v) is 18.9. The van der Waals surface area contributed by atoms with E-state index in [0.717, 1.165) is 23.4 Å². The van der Waals surface area contributed by atoms with Crippen LogP contribution in [0.2, 0.25) is 0 Å². The quantitative estimate of drug-likeness (QED) is 0.491. The number of anilines is 2. The summed E-state index contributed by atoms with van der Waals surface area (Å²) < 4.78 is 1.70. The van der Waals surface area contributed by atoms with Crippen LogP contribution >= 0.6 is 11.8 Å². The Morgan fingerprint density at radius 2 is 1.90 bits per heavy atom. The maximum absolute atomic E-state index is 13.4. The monoisotopic (exact) mass is 436 g/mol. The van der Waals surface area contributed by atoms with Gasteiger partial charge in [0.2, 0.25) is 11.1 Å². The molecular weight excluding hydrogens is 410 g/mol. The van der Waals surface area contributed by atoms with E-state index in [4.69, 9.17) is 5.10 Å². The summed E-state index contributed by atoms with van der Waals surface area (Å²) in [5.41, 5.74) is 3.61. The second-order valence-electron chi connectivity index (χ2n) is 7.65. The van der Waals surface area contributed by atoms with Gasteiger partial charge in [-0.15, -0.1) is 0 Å². The molecule has 0 fully saturated rings. The molecule has 1 aliphatic rings. The minimum absolute atomic E-state index is 0.00238. The van der Waals surface area contributed by atoms with Gasteiger partial charge >= 0.3 is 11.3 Å². The molecule has 0 radical (unpaired) electrons. The number of carbonyl (C=O) groups excluding carboxylic acids is 1. The molecule has 8 heteroatoms. The van der Waals surface area contributed by atoms with E-state index < -0.39 is 6.17 Å². The Balaban J connectivity index is 2.01. The minimum Gasteiger partial charge on any atom is -0.378 e. The van der Waals surface area contributed by atoms with Crippen molar-refractivity contribution in [3.05, 3.63) is 64.4 Å². The number of benzene rings is 2. The molecule has 0 saturated carbocycles. The molecule has 1 amide bonds. The smallest absolute Gasteiger partial charge is 0.325 e. The van der Waals surface area contributed by atoms with Gasteiger partial charge in [0, 0.05) is 36.9 Å². The first-order valence-corrected chi connectivity index (χ1v) is 11.5. The Kier molecular flexibility index (Phi) is 5.82. The molecule has 0 unspecified atom stereocenters. The third-order valence-electron chi connectivity index (χ3n) is 5.39. The van der Waals surface area contributed by atoms with E-state index in [1.165, 1.54) is 11.8 Å². The van der Waals surface area contributed by atoms with Crippen molar-refractivity contribution in [2.24, 2.45) is 0 Å². The summed E-state index contributed by atoms with van der Waals surface area (Å²) in [6, 6.07) is 15.6. The van der Waals surface area contributed by atoms with Crippen LogP contribution < -0.4 is 20.0 Å². The van der Waals surface area contributed by atoms with Gasteiger partial charge in [0.1, 0.15) is 0 Å². The lowest BCUT2D eigenvalue weighted by Crippen LogP contribution is -2.60. The molecule has 160 valence electrons. The van der Waals surface area contributed by atoms with Crippen LogP contribution in [0, 0.1) is 0 Å². The molecule has 0 bridgehead atoms. The number of aromatic amines is 1. The maximum atomic E-state index is 13.4. The largest absolute Gasteiger partial charge is 0.378 e. The van der Waals surface area contributed by atoms with Crippen LogP contribution in [0.1, 0.15) is 31.5 Å². The fraction of sp³-hybridized carbons (Fsp3) is 0.304. The molecule has 7 nitrogen and oxygen atoms in total. The summed E-state index contributed by atoms with van der Waals surface area (Å²) in [5, 5.41) is 5.22. The summed E-state index contributed by atoms with van der Waals surface area (Å²) >= 11 is 1.36. The van der Waals surface area contributed by atoms with E-state index in [1.807, 2.05) is 80.7 Å². The van der Waals surface area contributed by atoms with Gasteiger partial charge in [-0.25, -0.2) is 4.90 Å². The van der Waals surface area contributed by atoms with Crippen LogP contribution in [0.3, 0.4) is 0 Å². The van der Waals surface area contributed by atoms with Gasteiger partial charge in [-0.1, -0.05) is 30.8 Å². The molecule has 0 aliphatic carbocycles. The van der Waals surface area contributed by atoms with Crippen LogP contribution in [-0.2, 0) is 4.79 Å². The van der Waals surface area contributed by atoms with Crippen molar-refractivity contribution in [1.82, 2.24) is 10.1 Å². The van der Waals surface area contributed by atoms with E-state index in [-0.39, 0.29) is 11.5 Å². The summed E-state index contributed by atoms with van der Waals surface area (Å²) in [6.45, 7) is 1.99. The summed E-state index contributed by atoms with van der Waals surface area (Å²) in [7, 11) is 3.97. The van der Waals surface area contributed by atoms with Crippen molar-refractivity contribution in [3.8, 4) is 11.3 Å². The molecule has 2 aromatic carbocycles. The number of nitrogens with zero attached hydrogens (tertiary/aromatic N) is 4. The Morgan fingerprint density at radius 1 is 1.19 bits per heavy atom. The molecule has 1 aromatic heterocycles. The van der Waals surface area contributed by atoms with Crippen LogP contribution in [0.5, 0.6) is 0 Å².